The number of nitrogens with zero attached hydrogens (tertiary/aromatic N) is 3. The van der Waals surface area contributed by atoms with Gasteiger partial charge in [-0.05, 0) is 35.4 Å². The van der Waals surface area contributed by atoms with Crippen molar-refractivity contribution in [1.29, 1.82) is 0 Å². The number of rotatable bonds is 5. The van der Waals surface area contributed by atoms with Crippen LogP contribution >= 0.6 is 0 Å². The molecule has 6 nitrogen and oxygen atoms in total. The van der Waals surface area contributed by atoms with Gasteiger partial charge in [-0.25, -0.2) is 4.39 Å². The van der Waals surface area contributed by atoms with Gasteiger partial charge in [0.2, 0.25) is 0 Å². The van der Waals surface area contributed by atoms with E-state index in [1.807, 2.05) is 31.6 Å². The normalized spacial score (nSPS) is 16.4. The fourth-order valence-electron chi connectivity index (χ4n) is 3.92. The number of nitrogens with one attached hydrogen (secondary N) is 1. The Bertz CT molecular complexity index is 1070. The van der Waals surface area contributed by atoms with Crippen molar-refractivity contribution in [3.8, 4) is 16.9 Å². The molecular formula is C22H21FN4O2. The van der Waals surface area contributed by atoms with Crippen LogP contribution < -0.4 is 10.1 Å². The highest BCUT2D eigenvalue weighted by Gasteiger charge is 2.30. The van der Waals surface area contributed by atoms with Crippen LogP contribution in [0.15, 0.2) is 48.8 Å². The lowest BCUT2D eigenvalue weighted by Crippen LogP contribution is -2.53. The maximum Gasteiger partial charge on any atom is 0.251 e. The van der Waals surface area contributed by atoms with Crippen molar-refractivity contribution in [2.24, 2.45) is 7.05 Å². The second-order valence-electron chi connectivity index (χ2n) is 7.65. The van der Waals surface area contributed by atoms with Crippen molar-refractivity contribution in [2.75, 3.05) is 13.1 Å². The lowest BCUT2D eigenvalue weighted by Gasteiger charge is -2.39. The van der Waals surface area contributed by atoms with Gasteiger partial charge in [-0.2, -0.15) is 5.10 Å². The molecule has 1 saturated heterocycles. The first-order valence-electron chi connectivity index (χ1n) is 9.63. The van der Waals surface area contributed by atoms with Crippen molar-refractivity contribution < 1.29 is 13.9 Å². The molecule has 0 unspecified atom stereocenters. The summed E-state index contributed by atoms with van der Waals surface area (Å²) in [6.07, 6.45) is 3.98. The summed E-state index contributed by atoms with van der Waals surface area (Å²) in [4.78, 5) is 14.4. The molecule has 1 aromatic heterocycles. The number of hydrogen-bond donors (Lipinski definition) is 1. The van der Waals surface area contributed by atoms with Gasteiger partial charge in [-0.15, -0.1) is 0 Å². The van der Waals surface area contributed by atoms with Crippen molar-refractivity contribution in [2.45, 2.75) is 19.2 Å². The Labute approximate surface area is 167 Å². The molecule has 3 aromatic rings. The summed E-state index contributed by atoms with van der Waals surface area (Å²) < 4.78 is 21.5. The smallest absolute Gasteiger partial charge is 0.251 e. The third-order valence-electron chi connectivity index (χ3n) is 5.43. The van der Waals surface area contributed by atoms with Gasteiger partial charge in [0, 0.05) is 56.1 Å². The molecule has 2 aromatic carbocycles. The van der Waals surface area contributed by atoms with Gasteiger partial charge < -0.3 is 10.1 Å². The average molecular weight is 392 g/mol. The third kappa shape index (κ3) is 3.49. The number of ether oxygens (including phenoxy) is 1. The Kier molecular flexibility index (Phi) is 4.32. The first-order chi connectivity index (χ1) is 14.0. The minimum Gasteiger partial charge on any atom is -0.487 e. The molecule has 148 valence electrons. The molecule has 2 aliphatic heterocycles. The monoisotopic (exact) mass is 392 g/mol. The van der Waals surface area contributed by atoms with Gasteiger partial charge in [-0.1, -0.05) is 12.1 Å². The van der Waals surface area contributed by atoms with Gasteiger partial charge in [0.15, 0.2) is 0 Å². The highest BCUT2D eigenvalue weighted by atomic mass is 19.1. The number of carbonyl (C=O) groups excluding carboxylic acids is 1. The highest BCUT2D eigenvalue weighted by Crippen LogP contribution is 2.36. The molecule has 2 aliphatic rings. The molecule has 0 bridgehead atoms. The van der Waals surface area contributed by atoms with Gasteiger partial charge in [0.1, 0.15) is 17.7 Å². The van der Waals surface area contributed by atoms with E-state index in [2.05, 4.69) is 15.3 Å². The van der Waals surface area contributed by atoms with E-state index in [0.717, 1.165) is 42.1 Å². The molecule has 0 radical (unpaired) electrons. The predicted molar refractivity (Wildman–Crippen MR) is 106 cm³/mol. The molecule has 0 atom stereocenters. The van der Waals surface area contributed by atoms with E-state index in [1.165, 1.54) is 17.7 Å². The molecule has 29 heavy (non-hydrogen) atoms. The predicted octanol–water partition coefficient (Wildman–Crippen LogP) is 2.73. The van der Waals surface area contributed by atoms with E-state index < -0.39 is 0 Å². The summed E-state index contributed by atoms with van der Waals surface area (Å²) >= 11 is 0. The zero-order valence-electron chi connectivity index (χ0n) is 16.1. The molecule has 5 rings (SSSR count). The van der Waals surface area contributed by atoms with E-state index in [9.17, 15) is 9.18 Å². The standard InChI is InChI=1S/C22H21FN4O2/c1-26-10-14(8-25-26)11-27-12-18(13-27)29-21-6-16-9-24-22(28)20(16)7-19(21)15-2-4-17(23)5-3-15/h2-8,10,18H,9,11-13H2,1H3,(H,24,28). The van der Waals surface area contributed by atoms with E-state index in [4.69, 9.17) is 4.74 Å². The number of halogens is 1. The second kappa shape index (κ2) is 7.00. The number of fused-ring (bicyclic) bond motifs is 1. The van der Waals surface area contributed by atoms with Gasteiger partial charge in [-0.3, -0.25) is 14.4 Å². The Morgan fingerprint density at radius 3 is 2.72 bits per heavy atom. The van der Waals surface area contributed by atoms with Gasteiger partial charge >= 0.3 is 0 Å². The van der Waals surface area contributed by atoms with Crippen molar-refractivity contribution in [1.82, 2.24) is 20.0 Å². The van der Waals surface area contributed by atoms with Crippen molar-refractivity contribution in [3.63, 3.8) is 0 Å². The fourth-order valence-corrected chi connectivity index (χ4v) is 3.92. The molecule has 1 fully saturated rings. The largest absolute Gasteiger partial charge is 0.487 e. The van der Waals surface area contributed by atoms with Crippen LogP contribution in [-0.4, -0.2) is 39.8 Å². The molecule has 1 N–H and O–H groups in total. The second-order valence-corrected chi connectivity index (χ2v) is 7.65. The number of aryl methyl sites for hydroxylation is 1. The van der Waals surface area contributed by atoms with Crippen LogP contribution in [0, 0.1) is 5.82 Å². The summed E-state index contributed by atoms with van der Waals surface area (Å²) in [5.74, 6) is 0.360. The lowest BCUT2D eigenvalue weighted by atomic mass is 9.98. The average Bonchev–Trinajstić information content (AvgIpc) is 3.25. The Balaban J connectivity index is 1.35. The number of likely N-dealkylation sites (tertiary alicyclic amines) is 1. The van der Waals surface area contributed by atoms with Crippen LogP contribution in [0.4, 0.5) is 4.39 Å². The van der Waals surface area contributed by atoms with E-state index in [-0.39, 0.29) is 17.8 Å². The van der Waals surface area contributed by atoms with Crippen molar-refractivity contribution >= 4 is 5.91 Å². The van der Waals surface area contributed by atoms with Crippen LogP contribution in [-0.2, 0) is 20.1 Å². The molecule has 7 heteroatoms. The molecule has 3 heterocycles. The number of carbonyl (C=O) groups is 1. The van der Waals surface area contributed by atoms with Crippen LogP contribution in [0.3, 0.4) is 0 Å². The minimum atomic E-state index is -0.292. The van der Waals surface area contributed by atoms with Gasteiger partial charge in [0.05, 0.1) is 6.20 Å². The van der Waals surface area contributed by atoms with Crippen LogP contribution in [0.1, 0.15) is 21.5 Å². The Morgan fingerprint density at radius 1 is 1.21 bits per heavy atom. The summed E-state index contributed by atoms with van der Waals surface area (Å²) in [7, 11) is 1.91. The van der Waals surface area contributed by atoms with Crippen LogP contribution in [0.5, 0.6) is 5.75 Å². The maximum atomic E-state index is 13.4. The topological polar surface area (TPSA) is 59.4 Å². The summed E-state index contributed by atoms with van der Waals surface area (Å²) in [5.41, 5.74) is 4.41. The first kappa shape index (κ1) is 17.9. The summed E-state index contributed by atoms with van der Waals surface area (Å²) in [5, 5.41) is 7.05. The van der Waals surface area contributed by atoms with Gasteiger partial charge in [0.25, 0.3) is 5.91 Å². The molecule has 0 saturated carbocycles. The lowest BCUT2D eigenvalue weighted by molar-refractivity contribution is 0.0149. The summed E-state index contributed by atoms with van der Waals surface area (Å²) in [6, 6.07) is 10.1. The van der Waals surface area contributed by atoms with Crippen molar-refractivity contribution in [3.05, 3.63) is 71.3 Å². The number of aromatic nitrogens is 2. The molecule has 1 amide bonds. The van der Waals surface area contributed by atoms with E-state index in [1.54, 1.807) is 16.8 Å². The number of amides is 1. The minimum absolute atomic E-state index is 0.0778. The van der Waals surface area contributed by atoms with E-state index >= 15 is 0 Å². The third-order valence-corrected chi connectivity index (χ3v) is 5.43. The quantitative estimate of drug-likeness (QED) is 0.725. The Hall–Kier alpha value is -3.19. The first-order valence-corrected chi connectivity index (χ1v) is 9.63. The Morgan fingerprint density at radius 2 is 2.00 bits per heavy atom. The molecular weight excluding hydrogens is 371 g/mol. The molecule has 0 spiro atoms. The zero-order chi connectivity index (χ0) is 20.0. The SMILES string of the molecule is Cn1cc(CN2CC(Oc3cc4c(cc3-c3ccc(F)cc3)C(=O)NC4)C2)cn1. The van der Waals surface area contributed by atoms with Crippen LogP contribution in [0.25, 0.3) is 11.1 Å². The highest BCUT2D eigenvalue weighted by molar-refractivity contribution is 6.00. The van der Waals surface area contributed by atoms with E-state index in [0.29, 0.717) is 12.1 Å². The molecule has 0 aliphatic carbocycles. The fraction of sp³-hybridized carbons (Fsp3) is 0.273. The zero-order valence-corrected chi connectivity index (χ0v) is 16.1. The number of benzene rings is 2. The summed E-state index contributed by atoms with van der Waals surface area (Å²) in [6.45, 7) is 3.01. The van der Waals surface area contributed by atoms with Crippen LogP contribution in [0.2, 0.25) is 0 Å². The maximum absolute atomic E-state index is 13.4. The number of hydrogen-bond acceptors (Lipinski definition) is 4.